The number of aliphatic hydroxyl groups excluding tert-OH is 1. The Labute approximate surface area is 84.1 Å². The standard InChI is InChI=1S/C10H16N2O2/c11-5-8-1-3-12(4-2-8)9-6-14-7-10(9)13/h8-10,13H,1-4,6-7H2/t9-,10-/m1/s1. The molecule has 0 spiro atoms. The van der Waals surface area contributed by atoms with Gasteiger partial charge in [-0.1, -0.05) is 0 Å². The zero-order chi connectivity index (χ0) is 9.97. The van der Waals surface area contributed by atoms with E-state index in [1.54, 1.807) is 0 Å². The molecule has 2 saturated heterocycles. The maximum Gasteiger partial charge on any atom is 0.0950 e. The van der Waals surface area contributed by atoms with Crippen molar-refractivity contribution in [2.75, 3.05) is 26.3 Å². The highest BCUT2D eigenvalue weighted by Crippen LogP contribution is 2.21. The summed E-state index contributed by atoms with van der Waals surface area (Å²) >= 11 is 0. The number of nitriles is 1. The van der Waals surface area contributed by atoms with Gasteiger partial charge in [0.15, 0.2) is 0 Å². The van der Waals surface area contributed by atoms with Crippen molar-refractivity contribution in [2.45, 2.75) is 25.0 Å². The second-order valence-electron chi connectivity index (χ2n) is 4.11. The molecule has 0 aliphatic carbocycles. The van der Waals surface area contributed by atoms with Gasteiger partial charge in [-0.15, -0.1) is 0 Å². The van der Waals surface area contributed by atoms with Crippen LogP contribution in [-0.4, -0.2) is 48.5 Å². The van der Waals surface area contributed by atoms with Crippen molar-refractivity contribution in [3.05, 3.63) is 0 Å². The second kappa shape index (κ2) is 4.26. The second-order valence-corrected chi connectivity index (χ2v) is 4.11. The number of hydrogen-bond acceptors (Lipinski definition) is 4. The zero-order valence-corrected chi connectivity index (χ0v) is 8.22. The van der Waals surface area contributed by atoms with Crippen molar-refractivity contribution in [3.63, 3.8) is 0 Å². The van der Waals surface area contributed by atoms with Crippen LogP contribution < -0.4 is 0 Å². The Morgan fingerprint density at radius 1 is 1.29 bits per heavy atom. The highest BCUT2D eigenvalue weighted by Gasteiger charge is 2.33. The van der Waals surface area contributed by atoms with Crippen LogP contribution in [0.1, 0.15) is 12.8 Å². The Morgan fingerprint density at radius 2 is 2.00 bits per heavy atom. The van der Waals surface area contributed by atoms with Gasteiger partial charge in [0.25, 0.3) is 0 Å². The van der Waals surface area contributed by atoms with Gasteiger partial charge in [-0.3, -0.25) is 4.90 Å². The van der Waals surface area contributed by atoms with Gasteiger partial charge in [0, 0.05) is 5.92 Å². The van der Waals surface area contributed by atoms with Crippen LogP contribution in [0.3, 0.4) is 0 Å². The van der Waals surface area contributed by atoms with Crippen molar-refractivity contribution in [1.82, 2.24) is 4.90 Å². The molecule has 0 bridgehead atoms. The fraction of sp³-hybridized carbons (Fsp3) is 0.900. The topological polar surface area (TPSA) is 56.5 Å². The molecule has 14 heavy (non-hydrogen) atoms. The van der Waals surface area contributed by atoms with E-state index in [1.165, 1.54) is 0 Å². The van der Waals surface area contributed by atoms with Gasteiger partial charge in [0.1, 0.15) is 0 Å². The van der Waals surface area contributed by atoms with E-state index in [0.717, 1.165) is 25.9 Å². The average molecular weight is 196 g/mol. The van der Waals surface area contributed by atoms with Crippen LogP contribution in [0.15, 0.2) is 0 Å². The van der Waals surface area contributed by atoms with Gasteiger partial charge in [-0.2, -0.15) is 5.26 Å². The molecule has 1 N–H and O–H groups in total. The molecule has 0 aromatic carbocycles. The van der Waals surface area contributed by atoms with Gasteiger partial charge in [0.05, 0.1) is 31.4 Å². The third kappa shape index (κ3) is 1.90. The van der Waals surface area contributed by atoms with Crippen molar-refractivity contribution >= 4 is 0 Å². The molecule has 2 heterocycles. The minimum absolute atomic E-state index is 0.162. The number of aliphatic hydroxyl groups is 1. The quantitative estimate of drug-likeness (QED) is 0.640. The molecule has 0 aromatic rings. The summed E-state index contributed by atoms with van der Waals surface area (Å²) < 4.78 is 5.22. The maximum atomic E-state index is 9.63. The molecule has 0 unspecified atom stereocenters. The van der Waals surface area contributed by atoms with Crippen molar-refractivity contribution in [2.24, 2.45) is 5.92 Å². The van der Waals surface area contributed by atoms with Crippen molar-refractivity contribution in [3.8, 4) is 6.07 Å². The molecule has 0 aromatic heterocycles. The molecule has 4 heteroatoms. The first-order valence-corrected chi connectivity index (χ1v) is 5.20. The predicted molar refractivity (Wildman–Crippen MR) is 50.5 cm³/mol. The van der Waals surface area contributed by atoms with Crippen molar-refractivity contribution < 1.29 is 9.84 Å². The van der Waals surface area contributed by atoms with Crippen LogP contribution in [0.25, 0.3) is 0 Å². The Hall–Kier alpha value is -0.630. The maximum absolute atomic E-state index is 9.63. The van der Waals surface area contributed by atoms with E-state index >= 15 is 0 Å². The normalized spacial score (nSPS) is 35.7. The third-order valence-electron chi connectivity index (χ3n) is 3.20. The first-order chi connectivity index (χ1) is 6.81. The van der Waals surface area contributed by atoms with Gasteiger partial charge in [0.2, 0.25) is 0 Å². The summed E-state index contributed by atoms with van der Waals surface area (Å²) in [6.45, 7) is 2.94. The van der Waals surface area contributed by atoms with E-state index in [2.05, 4.69) is 11.0 Å². The van der Waals surface area contributed by atoms with Crippen LogP contribution in [-0.2, 0) is 4.74 Å². The van der Waals surface area contributed by atoms with Gasteiger partial charge in [-0.25, -0.2) is 0 Å². The largest absolute Gasteiger partial charge is 0.389 e. The summed E-state index contributed by atoms with van der Waals surface area (Å²) in [5.41, 5.74) is 0. The summed E-state index contributed by atoms with van der Waals surface area (Å²) in [6, 6.07) is 2.47. The lowest BCUT2D eigenvalue weighted by molar-refractivity contribution is 0.0644. The third-order valence-corrected chi connectivity index (χ3v) is 3.20. The highest BCUT2D eigenvalue weighted by atomic mass is 16.5. The molecule has 2 aliphatic heterocycles. The molecule has 0 amide bonds. The number of likely N-dealkylation sites (tertiary alicyclic amines) is 1. The first kappa shape index (κ1) is 9.91. The molecule has 0 radical (unpaired) electrons. The molecule has 2 rings (SSSR count). The molecular formula is C10H16N2O2. The van der Waals surface area contributed by atoms with E-state index in [1.807, 2.05) is 0 Å². The molecule has 2 atom stereocenters. The Bertz CT molecular complexity index is 231. The van der Waals surface area contributed by atoms with Gasteiger partial charge < -0.3 is 9.84 Å². The summed E-state index contributed by atoms with van der Waals surface area (Å²) in [4.78, 5) is 2.26. The number of rotatable bonds is 1. The summed E-state index contributed by atoms with van der Waals surface area (Å²) in [6.07, 6.45) is 1.52. The van der Waals surface area contributed by atoms with E-state index in [-0.39, 0.29) is 18.1 Å². The van der Waals surface area contributed by atoms with E-state index < -0.39 is 0 Å². The van der Waals surface area contributed by atoms with Crippen LogP contribution in [0.2, 0.25) is 0 Å². The number of nitrogens with zero attached hydrogens (tertiary/aromatic N) is 2. The monoisotopic (exact) mass is 196 g/mol. The molecule has 78 valence electrons. The molecule has 2 fully saturated rings. The first-order valence-electron chi connectivity index (χ1n) is 5.20. The fourth-order valence-electron chi connectivity index (χ4n) is 2.24. The molecule has 0 saturated carbocycles. The minimum atomic E-state index is -0.339. The fourth-order valence-corrected chi connectivity index (χ4v) is 2.24. The summed E-state index contributed by atoms with van der Waals surface area (Å²) in [7, 11) is 0. The SMILES string of the molecule is N#CC1CCN([C@@H]2COC[C@H]2O)CC1. The van der Waals surface area contributed by atoms with E-state index in [4.69, 9.17) is 10.00 Å². The highest BCUT2D eigenvalue weighted by molar-refractivity contribution is 4.91. The number of ether oxygens (including phenoxy) is 1. The number of hydrogen-bond donors (Lipinski definition) is 1. The van der Waals surface area contributed by atoms with E-state index in [0.29, 0.717) is 13.2 Å². The zero-order valence-electron chi connectivity index (χ0n) is 8.22. The molecule has 2 aliphatic rings. The van der Waals surface area contributed by atoms with E-state index in [9.17, 15) is 5.11 Å². The lowest BCUT2D eigenvalue weighted by atomic mass is 9.97. The summed E-state index contributed by atoms with van der Waals surface area (Å²) in [5, 5.41) is 18.4. The Kier molecular flexibility index (Phi) is 3.02. The Balaban J connectivity index is 1.86. The lowest BCUT2D eigenvalue weighted by Crippen LogP contribution is -2.46. The van der Waals surface area contributed by atoms with Crippen LogP contribution in [0.4, 0.5) is 0 Å². The van der Waals surface area contributed by atoms with Gasteiger partial charge in [-0.05, 0) is 25.9 Å². The number of piperidine rings is 1. The van der Waals surface area contributed by atoms with Crippen molar-refractivity contribution in [1.29, 1.82) is 5.26 Å². The molecule has 4 nitrogen and oxygen atoms in total. The predicted octanol–water partition coefficient (Wildman–Crippen LogP) is -0.0183. The van der Waals surface area contributed by atoms with Gasteiger partial charge >= 0.3 is 0 Å². The minimum Gasteiger partial charge on any atom is -0.389 e. The van der Waals surface area contributed by atoms with Crippen LogP contribution >= 0.6 is 0 Å². The Morgan fingerprint density at radius 3 is 2.50 bits per heavy atom. The van der Waals surface area contributed by atoms with Crippen LogP contribution in [0.5, 0.6) is 0 Å². The average Bonchev–Trinajstić information content (AvgIpc) is 2.65. The smallest absolute Gasteiger partial charge is 0.0950 e. The molecular weight excluding hydrogens is 180 g/mol. The summed E-state index contributed by atoms with van der Waals surface area (Å²) in [5.74, 6) is 0.214. The lowest BCUT2D eigenvalue weighted by Gasteiger charge is -2.34. The van der Waals surface area contributed by atoms with Crippen LogP contribution in [0, 0.1) is 17.2 Å².